The Bertz CT molecular complexity index is 641. The number of nitrogens with one attached hydrogen (secondary N) is 1. The lowest BCUT2D eigenvalue weighted by atomic mass is 10.1. The summed E-state index contributed by atoms with van der Waals surface area (Å²) < 4.78 is 18.2. The van der Waals surface area contributed by atoms with Crippen LogP contribution in [0, 0.1) is 5.82 Å². The predicted molar refractivity (Wildman–Crippen MR) is 84.9 cm³/mol. The van der Waals surface area contributed by atoms with E-state index in [-0.39, 0.29) is 24.4 Å². The lowest BCUT2D eigenvalue weighted by molar-refractivity contribution is -0.123. The lowest BCUT2D eigenvalue weighted by Crippen LogP contribution is -2.31. The summed E-state index contributed by atoms with van der Waals surface area (Å²) >= 11 is 11.7. The number of rotatable bonds is 5. The fraction of sp³-hybridized carbons (Fsp3) is 0.188. The summed E-state index contributed by atoms with van der Waals surface area (Å²) in [4.78, 5) is 11.9. The first-order valence-corrected chi connectivity index (χ1v) is 7.33. The van der Waals surface area contributed by atoms with Crippen molar-refractivity contribution in [2.24, 2.45) is 0 Å². The van der Waals surface area contributed by atoms with Crippen molar-refractivity contribution in [3.05, 3.63) is 63.9 Å². The molecule has 0 aliphatic carbocycles. The van der Waals surface area contributed by atoms with E-state index in [0.29, 0.717) is 15.8 Å². The fourth-order valence-electron chi connectivity index (χ4n) is 1.88. The first-order chi connectivity index (χ1) is 10.4. The monoisotopic (exact) mass is 341 g/mol. The third-order valence-corrected chi connectivity index (χ3v) is 3.39. The number of benzene rings is 2. The van der Waals surface area contributed by atoms with Crippen molar-refractivity contribution in [1.82, 2.24) is 5.32 Å². The summed E-state index contributed by atoms with van der Waals surface area (Å²) in [6.07, 6.45) is 0. The van der Waals surface area contributed by atoms with Gasteiger partial charge in [-0.2, -0.15) is 0 Å². The van der Waals surface area contributed by atoms with E-state index in [1.165, 1.54) is 12.1 Å². The van der Waals surface area contributed by atoms with Crippen LogP contribution < -0.4 is 10.1 Å². The molecule has 0 fully saturated rings. The molecule has 0 spiro atoms. The highest BCUT2D eigenvalue weighted by atomic mass is 35.5. The highest BCUT2D eigenvalue weighted by Crippen LogP contribution is 2.24. The first-order valence-electron chi connectivity index (χ1n) is 6.58. The minimum Gasteiger partial charge on any atom is -0.484 e. The molecule has 1 unspecified atom stereocenters. The van der Waals surface area contributed by atoms with Crippen LogP contribution in [0.15, 0.2) is 42.5 Å². The average molecular weight is 342 g/mol. The molecule has 1 N–H and O–H groups in total. The van der Waals surface area contributed by atoms with Gasteiger partial charge >= 0.3 is 0 Å². The zero-order valence-corrected chi connectivity index (χ0v) is 13.3. The summed E-state index contributed by atoms with van der Waals surface area (Å²) in [7, 11) is 0. The minimum absolute atomic E-state index is 0.164. The normalized spacial score (nSPS) is 11.8. The quantitative estimate of drug-likeness (QED) is 0.875. The summed E-state index contributed by atoms with van der Waals surface area (Å²) in [6, 6.07) is 10.4. The van der Waals surface area contributed by atoms with E-state index in [1.807, 2.05) is 0 Å². The van der Waals surface area contributed by atoms with Gasteiger partial charge in [-0.15, -0.1) is 0 Å². The maximum Gasteiger partial charge on any atom is 0.258 e. The second-order valence-corrected chi connectivity index (χ2v) is 5.61. The molecule has 22 heavy (non-hydrogen) atoms. The van der Waals surface area contributed by atoms with Crippen LogP contribution in [0.2, 0.25) is 10.0 Å². The van der Waals surface area contributed by atoms with Crippen LogP contribution in [-0.2, 0) is 4.79 Å². The molecule has 0 heterocycles. The van der Waals surface area contributed by atoms with Crippen LogP contribution in [0.5, 0.6) is 5.75 Å². The van der Waals surface area contributed by atoms with Gasteiger partial charge in [0.1, 0.15) is 11.6 Å². The van der Waals surface area contributed by atoms with Crippen molar-refractivity contribution in [1.29, 1.82) is 0 Å². The zero-order valence-electron chi connectivity index (χ0n) is 11.8. The Hall–Kier alpha value is -1.78. The molecule has 0 saturated heterocycles. The molecular weight excluding hydrogens is 328 g/mol. The van der Waals surface area contributed by atoms with Gasteiger partial charge in [0.05, 0.1) is 6.04 Å². The van der Waals surface area contributed by atoms with Crippen molar-refractivity contribution in [2.75, 3.05) is 6.61 Å². The zero-order chi connectivity index (χ0) is 16.1. The van der Waals surface area contributed by atoms with Crippen LogP contribution in [0.4, 0.5) is 4.39 Å². The van der Waals surface area contributed by atoms with Gasteiger partial charge in [0.25, 0.3) is 5.91 Å². The fourth-order valence-corrected chi connectivity index (χ4v) is 2.38. The largest absolute Gasteiger partial charge is 0.484 e. The molecule has 3 nitrogen and oxygen atoms in total. The molecule has 1 atom stereocenters. The third-order valence-electron chi connectivity index (χ3n) is 2.95. The lowest BCUT2D eigenvalue weighted by Gasteiger charge is -2.15. The summed E-state index contributed by atoms with van der Waals surface area (Å²) in [5, 5.41) is 3.63. The van der Waals surface area contributed by atoms with Gasteiger partial charge in [-0.05, 0) is 42.8 Å². The molecule has 0 aromatic heterocycles. The van der Waals surface area contributed by atoms with Crippen LogP contribution in [0.1, 0.15) is 18.5 Å². The first kappa shape index (κ1) is 16.6. The van der Waals surface area contributed by atoms with Gasteiger partial charge in [-0.3, -0.25) is 4.79 Å². The summed E-state index contributed by atoms with van der Waals surface area (Å²) in [6.45, 7) is 1.64. The van der Waals surface area contributed by atoms with Gasteiger partial charge in [-0.1, -0.05) is 35.3 Å². The number of carbonyl (C=O) groups excluding carboxylic acids is 1. The second-order valence-electron chi connectivity index (χ2n) is 4.73. The van der Waals surface area contributed by atoms with Crippen molar-refractivity contribution in [2.45, 2.75) is 13.0 Å². The van der Waals surface area contributed by atoms with Gasteiger partial charge in [0.15, 0.2) is 6.61 Å². The Morgan fingerprint density at radius 2 is 1.77 bits per heavy atom. The number of halogens is 3. The number of hydrogen-bond acceptors (Lipinski definition) is 2. The highest BCUT2D eigenvalue weighted by Gasteiger charge is 2.10. The Balaban J connectivity index is 1.88. The molecule has 0 saturated carbocycles. The van der Waals surface area contributed by atoms with Crippen molar-refractivity contribution in [3.8, 4) is 5.75 Å². The van der Waals surface area contributed by atoms with Crippen molar-refractivity contribution < 1.29 is 13.9 Å². The molecule has 2 rings (SSSR count). The number of amides is 1. The molecule has 0 aliphatic heterocycles. The molecule has 1 amide bonds. The molecule has 2 aromatic rings. The average Bonchev–Trinajstić information content (AvgIpc) is 2.45. The molecular formula is C16H14Cl2FNO2. The molecule has 0 aliphatic rings. The second kappa shape index (κ2) is 7.47. The van der Waals surface area contributed by atoms with E-state index in [2.05, 4.69) is 5.32 Å². The summed E-state index contributed by atoms with van der Waals surface area (Å²) in [5.74, 6) is -0.196. The van der Waals surface area contributed by atoms with E-state index in [9.17, 15) is 9.18 Å². The minimum atomic E-state index is -0.316. The number of hydrogen-bond donors (Lipinski definition) is 1. The Morgan fingerprint density at radius 1 is 1.18 bits per heavy atom. The van der Waals surface area contributed by atoms with Crippen LogP contribution in [0.25, 0.3) is 0 Å². The summed E-state index contributed by atoms with van der Waals surface area (Å²) in [5.41, 5.74) is 0.806. The van der Waals surface area contributed by atoms with Crippen LogP contribution in [0.3, 0.4) is 0 Å². The number of carbonyl (C=O) groups is 1. The molecule has 6 heteroatoms. The van der Waals surface area contributed by atoms with E-state index >= 15 is 0 Å². The molecule has 2 aromatic carbocycles. The molecule has 116 valence electrons. The topological polar surface area (TPSA) is 38.3 Å². The van der Waals surface area contributed by atoms with Crippen LogP contribution >= 0.6 is 23.2 Å². The standard InChI is InChI=1S/C16H14Cl2FNO2/c1-10(11-2-4-14(19)5-3-11)20-16(21)9-22-15-7-12(17)6-13(18)8-15/h2-8,10H,9H2,1H3,(H,20,21). The van der Waals surface area contributed by atoms with E-state index in [0.717, 1.165) is 5.56 Å². The SMILES string of the molecule is CC(NC(=O)COc1cc(Cl)cc(Cl)c1)c1ccc(F)cc1. The van der Waals surface area contributed by atoms with Crippen molar-refractivity contribution >= 4 is 29.1 Å². The maximum absolute atomic E-state index is 12.9. The van der Waals surface area contributed by atoms with E-state index < -0.39 is 0 Å². The van der Waals surface area contributed by atoms with Gasteiger partial charge in [-0.25, -0.2) is 4.39 Å². The smallest absolute Gasteiger partial charge is 0.258 e. The Labute approximate surface area is 138 Å². The molecule has 0 bridgehead atoms. The Kier molecular flexibility index (Phi) is 5.63. The van der Waals surface area contributed by atoms with Gasteiger partial charge < -0.3 is 10.1 Å². The van der Waals surface area contributed by atoms with E-state index in [4.69, 9.17) is 27.9 Å². The van der Waals surface area contributed by atoms with Crippen molar-refractivity contribution in [3.63, 3.8) is 0 Å². The van der Waals surface area contributed by atoms with Crippen LogP contribution in [-0.4, -0.2) is 12.5 Å². The van der Waals surface area contributed by atoms with Gasteiger partial charge in [0, 0.05) is 10.0 Å². The maximum atomic E-state index is 12.9. The highest BCUT2D eigenvalue weighted by molar-refractivity contribution is 6.34. The van der Waals surface area contributed by atoms with Gasteiger partial charge in [0.2, 0.25) is 0 Å². The Morgan fingerprint density at radius 3 is 2.36 bits per heavy atom. The van der Waals surface area contributed by atoms with E-state index in [1.54, 1.807) is 37.3 Å². The predicted octanol–water partition coefficient (Wildman–Crippen LogP) is 4.39. The third kappa shape index (κ3) is 4.90. The number of ether oxygens (including phenoxy) is 1. The molecule has 0 radical (unpaired) electrons.